The van der Waals surface area contributed by atoms with Crippen LogP contribution in [0.25, 0.3) is 0 Å². The first-order valence-electron chi connectivity index (χ1n) is 7.34. The summed E-state index contributed by atoms with van der Waals surface area (Å²) in [6.45, 7) is 9.78. The van der Waals surface area contributed by atoms with Gasteiger partial charge in [-0.25, -0.2) is 0 Å². The molecule has 0 aliphatic carbocycles. The van der Waals surface area contributed by atoms with Crippen molar-refractivity contribution < 1.29 is 0 Å². The molecular formula is C15H30N4. The van der Waals surface area contributed by atoms with Gasteiger partial charge in [-0.05, 0) is 39.7 Å². The zero-order valence-corrected chi connectivity index (χ0v) is 13.1. The normalized spacial score (nSPS) is 27.2. The highest BCUT2D eigenvalue weighted by Gasteiger charge is 2.13. The van der Waals surface area contributed by atoms with E-state index in [9.17, 15) is 0 Å². The SMILES string of the molecule is CC1N(C)C=CCN1C.CCC1NCC=CN1CC. The Bertz CT molecular complexity index is 301. The molecule has 0 aromatic rings. The Morgan fingerprint density at radius 1 is 1.16 bits per heavy atom. The molecule has 0 bridgehead atoms. The Labute approximate surface area is 118 Å². The minimum atomic E-state index is 0.551. The number of hydrogen-bond donors (Lipinski definition) is 1. The highest BCUT2D eigenvalue weighted by molar-refractivity contribution is 4.92. The summed E-state index contributed by atoms with van der Waals surface area (Å²) >= 11 is 0. The van der Waals surface area contributed by atoms with Crippen molar-refractivity contribution in [3.8, 4) is 0 Å². The van der Waals surface area contributed by atoms with Crippen LogP contribution in [-0.2, 0) is 0 Å². The van der Waals surface area contributed by atoms with Gasteiger partial charge in [0.1, 0.15) is 0 Å². The molecule has 110 valence electrons. The van der Waals surface area contributed by atoms with Crippen LogP contribution in [0.2, 0.25) is 0 Å². The molecule has 2 unspecified atom stereocenters. The molecule has 0 amide bonds. The van der Waals surface area contributed by atoms with Gasteiger partial charge < -0.3 is 9.80 Å². The van der Waals surface area contributed by atoms with Gasteiger partial charge in [-0.3, -0.25) is 10.2 Å². The number of nitrogens with zero attached hydrogens (tertiary/aromatic N) is 3. The maximum absolute atomic E-state index is 3.41. The molecule has 4 heteroatoms. The fourth-order valence-corrected chi connectivity index (χ4v) is 2.29. The molecule has 2 aliphatic rings. The zero-order chi connectivity index (χ0) is 14.3. The summed E-state index contributed by atoms with van der Waals surface area (Å²) in [5.41, 5.74) is 0. The molecule has 1 N–H and O–H groups in total. The third kappa shape index (κ3) is 4.88. The molecule has 2 rings (SSSR count). The Morgan fingerprint density at radius 3 is 2.37 bits per heavy atom. The quantitative estimate of drug-likeness (QED) is 0.824. The maximum atomic E-state index is 3.41. The minimum absolute atomic E-state index is 0.551. The van der Waals surface area contributed by atoms with Crippen molar-refractivity contribution >= 4 is 0 Å². The molecule has 4 nitrogen and oxygen atoms in total. The van der Waals surface area contributed by atoms with Crippen LogP contribution in [-0.4, -0.2) is 60.8 Å². The average Bonchev–Trinajstić information content (AvgIpc) is 2.45. The van der Waals surface area contributed by atoms with Crippen molar-refractivity contribution in [2.45, 2.75) is 39.5 Å². The topological polar surface area (TPSA) is 21.8 Å². The van der Waals surface area contributed by atoms with Gasteiger partial charge in [-0.1, -0.05) is 19.1 Å². The molecule has 0 radical (unpaired) electrons. The van der Waals surface area contributed by atoms with E-state index in [-0.39, 0.29) is 0 Å². The second-order valence-electron chi connectivity index (χ2n) is 5.17. The molecule has 2 atom stereocenters. The van der Waals surface area contributed by atoms with Crippen molar-refractivity contribution in [3.05, 3.63) is 24.6 Å². The second-order valence-corrected chi connectivity index (χ2v) is 5.17. The Kier molecular flexibility index (Phi) is 6.95. The van der Waals surface area contributed by atoms with Crippen molar-refractivity contribution in [2.24, 2.45) is 0 Å². The molecule has 0 aromatic heterocycles. The second kappa shape index (κ2) is 8.23. The van der Waals surface area contributed by atoms with Gasteiger partial charge in [-0.2, -0.15) is 0 Å². The lowest BCUT2D eigenvalue weighted by Gasteiger charge is -2.34. The molecule has 2 aliphatic heterocycles. The lowest BCUT2D eigenvalue weighted by atomic mass is 10.3. The van der Waals surface area contributed by atoms with Crippen LogP contribution in [0, 0.1) is 0 Å². The van der Waals surface area contributed by atoms with E-state index >= 15 is 0 Å². The smallest absolute Gasteiger partial charge is 0.0789 e. The Morgan fingerprint density at radius 2 is 1.89 bits per heavy atom. The summed E-state index contributed by atoms with van der Waals surface area (Å²) in [6.07, 6.45) is 10.9. The van der Waals surface area contributed by atoms with E-state index in [1.165, 1.54) is 6.42 Å². The lowest BCUT2D eigenvalue weighted by molar-refractivity contribution is 0.135. The van der Waals surface area contributed by atoms with Crippen LogP contribution < -0.4 is 5.32 Å². The third-order valence-electron chi connectivity index (χ3n) is 3.88. The first-order valence-corrected chi connectivity index (χ1v) is 7.34. The van der Waals surface area contributed by atoms with E-state index in [2.05, 4.69) is 79.4 Å². The van der Waals surface area contributed by atoms with Crippen molar-refractivity contribution in [2.75, 3.05) is 33.7 Å². The predicted octanol–water partition coefficient (Wildman–Crippen LogP) is 1.88. The van der Waals surface area contributed by atoms with Gasteiger partial charge >= 0.3 is 0 Å². The van der Waals surface area contributed by atoms with Crippen LogP contribution in [0.15, 0.2) is 24.6 Å². The van der Waals surface area contributed by atoms with Gasteiger partial charge in [0.05, 0.1) is 12.3 Å². The fourth-order valence-electron chi connectivity index (χ4n) is 2.29. The van der Waals surface area contributed by atoms with E-state index < -0.39 is 0 Å². The summed E-state index contributed by atoms with van der Waals surface area (Å²) < 4.78 is 0. The predicted molar refractivity (Wildman–Crippen MR) is 82.6 cm³/mol. The Hall–Kier alpha value is -1.00. The first kappa shape index (κ1) is 16.1. The van der Waals surface area contributed by atoms with Crippen LogP contribution >= 0.6 is 0 Å². The van der Waals surface area contributed by atoms with Crippen molar-refractivity contribution in [1.82, 2.24) is 20.0 Å². The molecule has 0 fully saturated rings. The van der Waals surface area contributed by atoms with Crippen LogP contribution in [0.1, 0.15) is 27.2 Å². The fraction of sp³-hybridized carbons (Fsp3) is 0.733. The lowest BCUT2D eigenvalue weighted by Crippen LogP contribution is -2.45. The Balaban J connectivity index is 0.000000191. The number of hydrogen-bond acceptors (Lipinski definition) is 4. The standard InChI is InChI=1S/C8H16N2.C7H14N2/c1-3-8-9-6-5-7-10(8)4-2;1-7-8(2)5-4-6-9(7)3/h5,7-9H,3-4,6H2,1-2H3;4-5,7H,6H2,1-3H3. The number of likely N-dealkylation sites (N-methyl/N-ethyl adjacent to an activating group) is 1. The summed E-state index contributed by atoms with van der Waals surface area (Å²) in [5, 5.41) is 3.41. The molecule has 19 heavy (non-hydrogen) atoms. The molecule has 0 aromatic carbocycles. The van der Waals surface area contributed by atoms with E-state index in [1.807, 2.05) is 0 Å². The maximum Gasteiger partial charge on any atom is 0.0789 e. The van der Waals surface area contributed by atoms with Gasteiger partial charge in [0.15, 0.2) is 0 Å². The minimum Gasteiger partial charge on any atom is -0.365 e. The van der Waals surface area contributed by atoms with Gasteiger partial charge in [-0.15, -0.1) is 0 Å². The van der Waals surface area contributed by atoms with E-state index in [4.69, 9.17) is 0 Å². The summed E-state index contributed by atoms with van der Waals surface area (Å²) in [7, 11) is 4.22. The first-order chi connectivity index (χ1) is 9.10. The number of rotatable bonds is 2. The van der Waals surface area contributed by atoms with Gasteiger partial charge in [0.2, 0.25) is 0 Å². The number of nitrogens with one attached hydrogen (secondary N) is 1. The highest BCUT2D eigenvalue weighted by atomic mass is 15.3. The molecule has 0 saturated heterocycles. The summed E-state index contributed by atoms with van der Waals surface area (Å²) in [4.78, 5) is 6.81. The van der Waals surface area contributed by atoms with Crippen molar-refractivity contribution in [1.29, 1.82) is 0 Å². The zero-order valence-electron chi connectivity index (χ0n) is 13.1. The van der Waals surface area contributed by atoms with E-state index in [1.54, 1.807) is 0 Å². The molecule has 0 spiro atoms. The van der Waals surface area contributed by atoms with E-state index in [0.29, 0.717) is 12.3 Å². The van der Waals surface area contributed by atoms with Gasteiger partial charge in [0, 0.05) is 26.7 Å². The molecule has 2 heterocycles. The largest absolute Gasteiger partial charge is 0.365 e. The van der Waals surface area contributed by atoms with Crippen LogP contribution in [0.3, 0.4) is 0 Å². The summed E-state index contributed by atoms with van der Waals surface area (Å²) in [6, 6.07) is 0. The van der Waals surface area contributed by atoms with Crippen LogP contribution in [0.5, 0.6) is 0 Å². The molecular weight excluding hydrogens is 236 g/mol. The molecule has 0 saturated carbocycles. The highest BCUT2D eigenvalue weighted by Crippen LogP contribution is 2.06. The van der Waals surface area contributed by atoms with Gasteiger partial charge in [0.25, 0.3) is 0 Å². The third-order valence-corrected chi connectivity index (χ3v) is 3.88. The average molecular weight is 266 g/mol. The monoisotopic (exact) mass is 266 g/mol. The summed E-state index contributed by atoms with van der Waals surface area (Å²) in [5.74, 6) is 0. The van der Waals surface area contributed by atoms with Crippen LogP contribution in [0.4, 0.5) is 0 Å². The van der Waals surface area contributed by atoms with Crippen molar-refractivity contribution in [3.63, 3.8) is 0 Å². The van der Waals surface area contributed by atoms with E-state index in [0.717, 1.165) is 19.6 Å².